The predicted molar refractivity (Wildman–Crippen MR) is 49.1 cm³/mol. The maximum atomic E-state index is 11.3. The average molecular weight is 199 g/mol. The van der Waals surface area contributed by atoms with Gasteiger partial charge in [0.15, 0.2) is 11.9 Å². The van der Waals surface area contributed by atoms with Gasteiger partial charge in [-0.2, -0.15) is 4.73 Å². The van der Waals surface area contributed by atoms with Crippen molar-refractivity contribution >= 4 is 0 Å². The summed E-state index contributed by atoms with van der Waals surface area (Å²) in [6, 6.07) is 1.48. The first-order valence-corrected chi connectivity index (χ1v) is 4.14. The van der Waals surface area contributed by atoms with Crippen LogP contribution in [0.4, 0.5) is 0 Å². The van der Waals surface area contributed by atoms with E-state index < -0.39 is 6.10 Å². The number of methoxy groups -OCH3 is 2. The molecule has 0 spiro atoms. The van der Waals surface area contributed by atoms with Crippen molar-refractivity contribution in [3.05, 3.63) is 23.2 Å². The molecule has 0 fully saturated rings. The van der Waals surface area contributed by atoms with Crippen LogP contribution in [0, 0.1) is 5.21 Å². The van der Waals surface area contributed by atoms with Crippen molar-refractivity contribution in [2.75, 3.05) is 14.2 Å². The van der Waals surface area contributed by atoms with Crippen molar-refractivity contribution in [1.29, 1.82) is 0 Å². The minimum absolute atomic E-state index is 0.145. The third-order valence-corrected chi connectivity index (χ3v) is 1.87. The van der Waals surface area contributed by atoms with Gasteiger partial charge in [-0.15, -0.1) is 0 Å². The molecule has 5 nitrogen and oxygen atoms in total. The lowest BCUT2D eigenvalue weighted by Crippen LogP contribution is -2.33. The lowest BCUT2D eigenvalue weighted by atomic mass is 10.2. The minimum Gasteiger partial charge on any atom is -0.618 e. The van der Waals surface area contributed by atoms with E-state index in [-0.39, 0.29) is 11.4 Å². The molecule has 0 saturated heterocycles. The molecule has 14 heavy (non-hydrogen) atoms. The molecule has 1 heterocycles. The summed E-state index contributed by atoms with van der Waals surface area (Å²) < 4.78 is 10.6. The predicted octanol–water partition coefficient (Wildman–Crippen LogP) is 0.390. The van der Waals surface area contributed by atoms with Gasteiger partial charge in [-0.3, -0.25) is 0 Å². The fraction of sp³-hybridized carbons (Fsp3) is 0.444. The van der Waals surface area contributed by atoms with Crippen molar-refractivity contribution in [3.63, 3.8) is 0 Å². The Morgan fingerprint density at radius 3 is 2.50 bits per heavy atom. The second kappa shape index (κ2) is 4.15. The molecule has 1 N–H and O–H groups in total. The van der Waals surface area contributed by atoms with Crippen LogP contribution < -0.4 is 14.2 Å². The monoisotopic (exact) mass is 199 g/mol. The number of pyridine rings is 1. The molecule has 1 aromatic rings. The van der Waals surface area contributed by atoms with Crippen LogP contribution in [-0.4, -0.2) is 19.3 Å². The van der Waals surface area contributed by atoms with E-state index in [1.807, 2.05) is 0 Å². The maximum Gasteiger partial charge on any atom is 0.267 e. The van der Waals surface area contributed by atoms with E-state index in [9.17, 15) is 10.3 Å². The van der Waals surface area contributed by atoms with Crippen LogP contribution in [-0.2, 0) is 0 Å². The van der Waals surface area contributed by atoms with Gasteiger partial charge >= 0.3 is 0 Å². The topological polar surface area (TPSA) is 65.6 Å². The Kier molecular flexibility index (Phi) is 3.14. The first-order chi connectivity index (χ1) is 6.61. The van der Waals surface area contributed by atoms with E-state index >= 15 is 0 Å². The van der Waals surface area contributed by atoms with Gasteiger partial charge in [0.05, 0.1) is 14.2 Å². The molecule has 0 saturated carbocycles. The summed E-state index contributed by atoms with van der Waals surface area (Å²) in [6.07, 6.45) is 0.362. The third-order valence-electron chi connectivity index (χ3n) is 1.87. The Labute approximate surface area is 82.1 Å². The summed E-state index contributed by atoms with van der Waals surface area (Å²) in [5.74, 6) is 0.690. The SMILES string of the molecule is COc1cc[n+]([O-])c(C(C)O)c1OC. The molecule has 1 unspecified atom stereocenters. The molecule has 0 amide bonds. The van der Waals surface area contributed by atoms with Gasteiger partial charge in [-0.1, -0.05) is 0 Å². The van der Waals surface area contributed by atoms with Crippen LogP contribution in [0.2, 0.25) is 0 Å². The van der Waals surface area contributed by atoms with Gasteiger partial charge in [-0.05, 0) is 6.92 Å². The van der Waals surface area contributed by atoms with Crippen molar-refractivity contribution < 1.29 is 19.3 Å². The molecule has 0 radical (unpaired) electrons. The molecule has 0 aromatic carbocycles. The van der Waals surface area contributed by atoms with E-state index in [0.29, 0.717) is 10.5 Å². The Morgan fingerprint density at radius 2 is 2.07 bits per heavy atom. The summed E-state index contributed by atoms with van der Waals surface area (Å²) >= 11 is 0. The van der Waals surface area contributed by atoms with Crippen LogP contribution >= 0.6 is 0 Å². The zero-order chi connectivity index (χ0) is 10.7. The minimum atomic E-state index is -0.905. The molecule has 5 heteroatoms. The zero-order valence-electron chi connectivity index (χ0n) is 8.35. The van der Waals surface area contributed by atoms with Crippen LogP contribution in [0.1, 0.15) is 18.7 Å². The van der Waals surface area contributed by atoms with E-state index in [4.69, 9.17) is 9.47 Å². The highest BCUT2D eigenvalue weighted by Crippen LogP contribution is 2.31. The Hall–Kier alpha value is -1.49. The quantitative estimate of drug-likeness (QED) is 0.565. The van der Waals surface area contributed by atoms with Crippen LogP contribution in [0.3, 0.4) is 0 Å². The molecule has 1 rings (SSSR count). The standard InChI is InChI=1S/C9H13NO4/c1-6(11)8-9(14-3)7(13-2)4-5-10(8)12/h4-6,11H,1-3H3. The summed E-state index contributed by atoms with van der Waals surface area (Å²) in [6.45, 7) is 1.49. The van der Waals surface area contributed by atoms with E-state index in [1.165, 1.54) is 33.4 Å². The highest BCUT2D eigenvalue weighted by molar-refractivity contribution is 5.41. The van der Waals surface area contributed by atoms with Crippen LogP contribution in [0.25, 0.3) is 0 Å². The first kappa shape index (κ1) is 10.6. The second-order valence-electron chi connectivity index (χ2n) is 2.80. The number of ether oxygens (including phenoxy) is 2. The van der Waals surface area contributed by atoms with Crippen LogP contribution in [0.5, 0.6) is 11.5 Å². The Morgan fingerprint density at radius 1 is 1.43 bits per heavy atom. The molecule has 0 aliphatic carbocycles. The van der Waals surface area contributed by atoms with Gasteiger partial charge in [0.1, 0.15) is 6.10 Å². The summed E-state index contributed by atoms with van der Waals surface area (Å²) in [4.78, 5) is 0. The summed E-state index contributed by atoms with van der Waals surface area (Å²) in [5.41, 5.74) is 0.145. The number of hydrogen-bond acceptors (Lipinski definition) is 4. The van der Waals surface area contributed by atoms with Gasteiger partial charge < -0.3 is 19.8 Å². The van der Waals surface area contributed by atoms with Gasteiger partial charge in [0.25, 0.3) is 5.69 Å². The van der Waals surface area contributed by atoms with Crippen molar-refractivity contribution in [2.24, 2.45) is 0 Å². The molecule has 78 valence electrons. The normalized spacial score (nSPS) is 12.3. The fourth-order valence-corrected chi connectivity index (χ4v) is 1.26. The van der Waals surface area contributed by atoms with Crippen molar-refractivity contribution in [1.82, 2.24) is 0 Å². The number of aliphatic hydroxyl groups excluding tert-OH is 1. The lowest BCUT2D eigenvalue weighted by Gasteiger charge is -2.13. The van der Waals surface area contributed by atoms with Crippen molar-refractivity contribution in [2.45, 2.75) is 13.0 Å². The van der Waals surface area contributed by atoms with E-state index in [1.54, 1.807) is 0 Å². The number of rotatable bonds is 3. The summed E-state index contributed by atoms with van der Waals surface area (Å²) in [5, 5.41) is 20.7. The third kappa shape index (κ3) is 1.72. The Balaban J connectivity index is 3.35. The van der Waals surface area contributed by atoms with E-state index in [2.05, 4.69) is 0 Å². The highest BCUT2D eigenvalue weighted by atomic mass is 16.5. The van der Waals surface area contributed by atoms with Gasteiger partial charge in [0.2, 0.25) is 5.75 Å². The number of nitrogens with zero attached hydrogens (tertiary/aromatic N) is 1. The lowest BCUT2D eigenvalue weighted by molar-refractivity contribution is -0.618. The molecule has 0 aliphatic rings. The number of aromatic nitrogens is 1. The molecule has 1 atom stereocenters. The van der Waals surface area contributed by atoms with E-state index in [0.717, 1.165) is 0 Å². The largest absolute Gasteiger partial charge is 0.618 e. The maximum absolute atomic E-state index is 11.3. The first-order valence-electron chi connectivity index (χ1n) is 4.14. The van der Waals surface area contributed by atoms with Crippen LogP contribution in [0.15, 0.2) is 12.3 Å². The van der Waals surface area contributed by atoms with Crippen molar-refractivity contribution in [3.8, 4) is 11.5 Å². The highest BCUT2D eigenvalue weighted by Gasteiger charge is 2.23. The van der Waals surface area contributed by atoms with Gasteiger partial charge in [-0.25, -0.2) is 0 Å². The number of aliphatic hydroxyl groups is 1. The molecule has 0 aliphatic heterocycles. The average Bonchev–Trinajstić information content (AvgIpc) is 2.16. The molecule has 1 aromatic heterocycles. The molecule has 0 bridgehead atoms. The Bertz CT molecular complexity index is 325. The smallest absolute Gasteiger partial charge is 0.267 e. The van der Waals surface area contributed by atoms with Gasteiger partial charge in [0, 0.05) is 6.07 Å². The zero-order valence-corrected chi connectivity index (χ0v) is 8.35. The number of hydrogen-bond donors (Lipinski definition) is 1. The fourth-order valence-electron chi connectivity index (χ4n) is 1.26. The molecular weight excluding hydrogens is 186 g/mol. The molecular formula is C9H13NO4. The summed E-state index contributed by atoms with van der Waals surface area (Å²) in [7, 11) is 2.89. The second-order valence-corrected chi connectivity index (χ2v) is 2.80.